The number of benzene rings is 2. The molecule has 0 bridgehead atoms. The number of carbonyl (C=O) groups is 1. The first-order valence-corrected chi connectivity index (χ1v) is 7.16. The highest BCUT2D eigenvalue weighted by atomic mass is 32.2. The van der Waals surface area contributed by atoms with Gasteiger partial charge in [-0.25, -0.2) is 4.79 Å². The van der Waals surface area contributed by atoms with Crippen molar-refractivity contribution in [3.8, 4) is 0 Å². The van der Waals surface area contributed by atoms with Crippen LogP contribution in [0.2, 0.25) is 0 Å². The first-order chi connectivity index (χ1) is 9.74. The molecule has 0 atom stereocenters. The van der Waals surface area contributed by atoms with E-state index in [1.54, 1.807) is 6.08 Å². The minimum atomic E-state index is -0.307. The molecule has 0 aliphatic rings. The van der Waals surface area contributed by atoms with E-state index in [1.165, 1.54) is 29.6 Å². The van der Waals surface area contributed by atoms with Gasteiger partial charge >= 0.3 is 5.97 Å². The van der Waals surface area contributed by atoms with Gasteiger partial charge in [-0.3, -0.25) is 0 Å². The molecule has 0 spiro atoms. The Morgan fingerprint density at radius 2 is 2.00 bits per heavy atom. The van der Waals surface area contributed by atoms with Crippen molar-refractivity contribution >= 4 is 28.5 Å². The summed E-state index contributed by atoms with van der Waals surface area (Å²) in [5.41, 5.74) is 0.612. The molecule has 0 unspecified atom stereocenters. The molecule has 0 amide bonds. The average Bonchev–Trinajstić information content (AvgIpc) is 2.50. The van der Waals surface area contributed by atoms with E-state index in [0.717, 1.165) is 4.90 Å². The van der Waals surface area contributed by atoms with Gasteiger partial charge in [0.2, 0.25) is 0 Å². The Bertz CT molecular complexity index is 659. The Balaban J connectivity index is 2.21. The number of carbonyl (C=O) groups excluding carboxylic acids is 1. The van der Waals surface area contributed by atoms with Crippen LogP contribution >= 0.6 is 11.8 Å². The number of ether oxygens (including phenoxy) is 1. The summed E-state index contributed by atoms with van der Waals surface area (Å²) in [6, 6.07) is 14.4. The van der Waals surface area contributed by atoms with E-state index >= 15 is 0 Å². The summed E-state index contributed by atoms with van der Waals surface area (Å²) in [5, 5.41) is 4.23. The smallest absolute Gasteiger partial charge is 0.334 e. The summed E-state index contributed by atoms with van der Waals surface area (Å²) in [5.74, 6) is -0.307. The molecule has 0 aromatic heterocycles. The number of hydrogen-bond donors (Lipinski definition) is 0. The molecule has 3 heteroatoms. The van der Waals surface area contributed by atoms with Crippen LogP contribution in [0.1, 0.15) is 6.42 Å². The lowest BCUT2D eigenvalue weighted by atomic mass is 10.1. The molecule has 0 radical (unpaired) electrons. The van der Waals surface area contributed by atoms with E-state index in [1.807, 2.05) is 23.6 Å². The average molecular weight is 284 g/mol. The fourth-order valence-electron chi connectivity index (χ4n) is 1.85. The van der Waals surface area contributed by atoms with Crippen molar-refractivity contribution in [2.24, 2.45) is 0 Å². The lowest BCUT2D eigenvalue weighted by Gasteiger charge is -2.04. The van der Waals surface area contributed by atoms with Gasteiger partial charge in [0.1, 0.15) is 0 Å². The maximum Gasteiger partial charge on any atom is 0.334 e. The van der Waals surface area contributed by atoms with Crippen LogP contribution in [0, 0.1) is 0 Å². The molecule has 2 rings (SSSR count). The van der Waals surface area contributed by atoms with E-state index in [4.69, 9.17) is 4.74 Å². The van der Waals surface area contributed by atoms with Gasteiger partial charge in [-0.15, -0.1) is 6.58 Å². The predicted octanol–water partition coefficient (Wildman–Crippen LogP) is 4.56. The highest BCUT2D eigenvalue weighted by molar-refractivity contribution is 8.02. The highest BCUT2D eigenvalue weighted by Gasteiger charge is 2.07. The van der Waals surface area contributed by atoms with Crippen LogP contribution in [0.3, 0.4) is 0 Å². The first-order valence-electron chi connectivity index (χ1n) is 6.28. The number of esters is 1. The summed E-state index contributed by atoms with van der Waals surface area (Å²) in [4.78, 5) is 12.7. The van der Waals surface area contributed by atoms with E-state index < -0.39 is 0 Å². The third-order valence-corrected chi connectivity index (χ3v) is 3.80. The van der Waals surface area contributed by atoms with Gasteiger partial charge < -0.3 is 4.74 Å². The predicted molar refractivity (Wildman–Crippen MR) is 84.7 cm³/mol. The lowest BCUT2D eigenvalue weighted by Crippen LogP contribution is -2.03. The van der Waals surface area contributed by atoms with E-state index in [0.29, 0.717) is 12.0 Å². The fraction of sp³-hybridized carbons (Fsp3) is 0.118. The van der Waals surface area contributed by atoms with Crippen molar-refractivity contribution in [1.29, 1.82) is 0 Å². The zero-order chi connectivity index (χ0) is 14.4. The molecule has 2 aromatic carbocycles. The fourth-order valence-corrected chi connectivity index (χ4v) is 2.66. The van der Waals surface area contributed by atoms with Crippen LogP contribution in [0.5, 0.6) is 0 Å². The lowest BCUT2D eigenvalue weighted by molar-refractivity contribution is -0.136. The Hall–Kier alpha value is -2.00. The molecule has 0 heterocycles. The van der Waals surface area contributed by atoms with Crippen molar-refractivity contribution < 1.29 is 9.53 Å². The topological polar surface area (TPSA) is 26.3 Å². The largest absolute Gasteiger partial charge is 0.466 e. The Morgan fingerprint density at radius 1 is 1.25 bits per heavy atom. The number of hydrogen-bond acceptors (Lipinski definition) is 3. The maximum atomic E-state index is 11.6. The standard InChI is InChI=1S/C17H16O2S/c1-3-6-15(17(18)19-2)12-20-16-10-9-13-7-4-5-8-14(13)11-16/h3-5,7-12H,1,6H2,2H3/b15-12-. The van der Waals surface area contributed by atoms with E-state index in [9.17, 15) is 4.79 Å². The van der Waals surface area contributed by atoms with Crippen LogP contribution in [0.4, 0.5) is 0 Å². The highest BCUT2D eigenvalue weighted by Crippen LogP contribution is 2.26. The minimum absolute atomic E-state index is 0.307. The molecule has 0 saturated heterocycles. The second-order valence-corrected chi connectivity index (χ2v) is 5.20. The number of thioether (sulfide) groups is 1. The second kappa shape index (κ2) is 6.96. The first kappa shape index (κ1) is 14.4. The number of methoxy groups -OCH3 is 1. The number of rotatable bonds is 5. The summed E-state index contributed by atoms with van der Waals surface area (Å²) >= 11 is 1.52. The molecule has 0 aliphatic heterocycles. The van der Waals surface area contributed by atoms with E-state index in [-0.39, 0.29) is 5.97 Å². The Kier molecular flexibility index (Phi) is 5.02. The summed E-state index contributed by atoms with van der Waals surface area (Å²) in [7, 11) is 1.39. The molecular formula is C17H16O2S. The van der Waals surface area contributed by atoms with Gasteiger partial charge in [0, 0.05) is 10.5 Å². The van der Waals surface area contributed by atoms with Crippen LogP contribution in [-0.2, 0) is 9.53 Å². The monoisotopic (exact) mass is 284 g/mol. The number of fused-ring (bicyclic) bond motifs is 1. The Morgan fingerprint density at radius 3 is 2.70 bits per heavy atom. The van der Waals surface area contributed by atoms with Crippen LogP contribution in [0.25, 0.3) is 10.8 Å². The zero-order valence-corrected chi connectivity index (χ0v) is 12.2. The van der Waals surface area contributed by atoms with Crippen molar-refractivity contribution in [1.82, 2.24) is 0 Å². The third kappa shape index (κ3) is 3.52. The van der Waals surface area contributed by atoms with Gasteiger partial charge in [-0.2, -0.15) is 0 Å². The van der Waals surface area contributed by atoms with Crippen molar-refractivity contribution in [2.75, 3.05) is 7.11 Å². The summed E-state index contributed by atoms with van der Waals surface area (Å²) < 4.78 is 4.76. The minimum Gasteiger partial charge on any atom is -0.466 e. The molecule has 2 nitrogen and oxygen atoms in total. The van der Waals surface area contributed by atoms with Crippen LogP contribution in [-0.4, -0.2) is 13.1 Å². The van der Waals surface area contributed by atoms with Gasteiger partial charge in [0.25, 0.3) is 0 Å². The number of allylic oxidation sites excluding steroid dienone is 1. The van der Waals surface area contributed by atoms with Crippen molar-refractivity contribution in [3.63, 3.8) is 0 Å². The third-order valence-electron chi connectivity index (χ3n) is 2.87. The van der Waals surface area contributed by atoms with Gasteiger partial charge in [0.15, 0.2) is 0 Å². The molecule has 20 heavy (non-hydrogen) atoms. The van der Waals surface area contributed by atoms with Crippen LogP contribution in [0.15, 0.2) is 71.0 Å². The summed E-state index contributed by atoms with van der Waals surface area (Å²) in [6.45, 7) is 3.66. The molecule has 0 aliphatic carbocycles. The van der Waals surface area contributed by atoms with Gasteiger partial charge in [-0.1, -0.05) is 48.2 Å². The normalized spacial score (nSPS) is 11.3. The van der Waals surface area contributed by atoms with Crippen molar-refractivity contribution in [3.05, 3.63) is 66.1 Å². The SMILES string of the molecule is C=CC/C(=C/Sc1ccc2ccccc2c1)C(=O)OC. The summed E-state index contributed by atoms with van der Waals surface area (Å²) in [6.07, 6.45) is 2.21. The molecule has 0 N–H and O–H groups in total. The van der Waals surface area contributed by atoms with Gasteiger partial charge in [0.05, 0.1) is 7.11 Å². The quantitative estimate of drug-likeness (QED) is 0.348. The molecule has 2 aromatic rings. The van der Waals surface area contributed by atoms with Crippen LogP contribution < -0.4 is 0 Å². The van der Waals surface area contributed by atoms with E-state index in [2.05, 4.69) is 30.8 Å². The van der Waals surface area contributed by atoms with Gasteiger partial charge in [-0.05, 0) is 34.7 Å². The molecular weight excluding hydrogens is 268 g/mol. The molecule has 0 saturated carbocycles. The second-order valence-electron chi connectivity index (χ2n) is 4.25. The Labute approximate surface area is 123 Å². The maximum absolute atomic E-state index is 11.6. The molecule has 0 fully saturated rings. The zero-order valence-electron chi connectivity index (χ0n) is 11.3. The van der Waals surface area contributed by atoms with Crippen molar-refractivity contribution in [2.45, 2.75) is 11.3 Å². The molecule has 102 valence electrons.